The fourth-order valence-electron chi connectivity index (χ4n) is 1.60. The van der Waals surface area contributed by atoms with Gasteiger partial charge in [-0.15, -0.1) is 6.58 Å². The van der Waals surface area contributed by atoms with Crippen LogP contribution in [-0.4, -0.2) is 24.1 Å². The van der Waals surface area contributed by atoms with E-state index in [0.29, 0.717) is 12.5 Å². The van der Waals surface area contributed by atoms with Crippen molar-refractivity contribution in [1.29, 1.82) is 0 Å². The van der Waals surface area contributed by atoms with Crippen molar-refractivity contribution in [1.82, 2.24) is 0 Å². The van der Waals surface area contributed by atoms with Crippen LogP contribution in [0.1, 0.15) is 19.8 Å². The summed E-state index contributed by atoms with van der Waals surface area (Å²) in [6.07, 6.45) is 5.63. The molecule has 1 rings (SSSR count). The van der Waals surface area contributed by atoms with E-state index in [-0.39, 0.29) is 6.10 Å². The number of oxime groups is 1. The van der Waals surface area contributed by atoms with E-state index in [0.717, 1.165) is 12.3 Å². The normalized spacial score (nSPS) is 29.0. The molecule has 3 heteroatoms. The third kappa shape index (κ3) is 3.19. The molecule has 74 valence electrons. The number of hydrogen-bond donors (Lipinski definition) is 1. The molecule has 3 nitrogen and oxygen atoms in total. The van der Waals surface area contributed by atoms with Crippen LogP contribution in [0.3, 0.4) is 0 Å². The zero-order valence-electron chi connectivity index (χ0n) is 8.02. The summed E-state index contributed by atoms with van der Waals surface area (Å²) in [4.78, 5) is 0. The molecule has 0 radical (unpaired) electrons. The van der Waals surface area contributed by atoms with Crippen molar-refractivity contribution in [2.45, 2.75) is 25.9 Å². The lowest BCUT2D eigenvalue weighted by atomic mass is 10.1. The Morgan fingerprint density at radius 1 is 1.77 bits per heavy atom. The van der Waals surface area contributed by atoms with Crippen molar-refractivity contribution in [3.63, 3.8) is 0 Å². The number of rotatable bonds is 6. The summed E-state index contributed by atoms with van der Waals surface area (Å²) in [7, 11) is 0. The summed E-state index contributed by atoms with van der Waals surface area (Å²) >= 11 is 0. The summed E-state index contributed by atoms with van der Waals surface area (Å²) in [6, 6.07) is 0. The van der Waals surface area contributed by atoms with Crippen LogP contribution in [0.5, 0.6) is 0 Å². The minimum absolute atomic E-state index is 0.255. The Balaban J connectivity index is 2.25. The molecule has 1 aliphatic carbocycles. The van der Waals surface area contributed by atoms with E-state index >= 15 is 0 Å². The molecule has 0 aromatic carbocycles. The standard InChI is InChI=1S/C10H17NO2/c1-3-4-10(9-7-8(9)2)13-6-5-11-12/h3,5,8-10,12H,1,4,6-7H2,2H3/t8-,9-,10?/m1/s1. The number of ether oxygens (including phenoxy) is 1. The highest BCUT2D eigenvalue weighted by atomic mass is 16.5. The molecule has 0 saturated heterocycles. The summed E-state index contributed by atoms with van der Waals surface area (Å²) in [5.74, 6) is 1.45. The van der Waals surface area contributed by atoms with E-state index in [4.69, 9.17) is 9.94 Å². The van der Waals surface area contributed by atoms with Crippen molar-refractivity contribution in [2.24, 2.45) is 17.0 Å². The molecule has 0 spiro atoms. The molecule has 1 aliphatic rings. The average Bonchev–Trinajstić information content (AvgIpc) is 2.82. The molecule has 0 bridgehead atoms. The van der Waals surface area contributed by atoms with Gasteiger partial charge < -0.3 is 9.94 Å². The van der Waals surface area contributed by atoms with Gasteiger partial charge in [0.25, 0.3) is 0 Å². The molecule has 0 aromatic rings. The second kappa shape index (κ2) is 5.02. The highest BCUT2D eigenvalue weighted by molar-refractivity contribution is 5.57. The fraction of sp³-hybridized carbons (Fsp3) is 0.700. The Hall–Kier alpha value is -0.830. The summed E-state index contributed by atoms with van der Waals surface area (Å²) in [5, 5.41) is 11.1. The zero-order chi connectivity index (χ0) is 9.68. The predicted molar refractivity (Wildman–Crippen MR) is 52.1 cm³/mol. The van der Waals surface area contributed by atoms with Crippen LogP contribution in [0.25, 0.3) is 0 Å². The highest BCUT2D eigenvalue weighted by Crippen LogP contribution is 2.42. The van der Waals surface area contributed by atoms with Gasteiger partial charge in [-0.05, 0) is 24.7 Å². The lowest BCUT2D eigenvalue weighted by Crippen LogP contribution is -2.16. The Bertz CT molecular complexity index is 191. The Kier molecular flexibility index (Phi) is 3.96. The van der Waals surface area contributed by atoms with Crippen molar-refractivity contribution < 1.29 is 9.94 Å². The Morgan fingerprint density at radius 3 is 2.92 bits per heavy atom. The van der Waals surface area contributed by atoms with Crippen molar-refractivity contribution in [3.05, 3.63) is 12.7 Å². The van der Waals surface area contributed by atoms with Crippen LogP contribution < -0.4 is 0 Å². The molecule has 0 heterocycles. The van der Waals surface area contributed by atoms with E-state index in [9.17, 15) is 0 Å². The largest absolute Gasteiger partial charge is 0.411 e. The minimum atomic E-state index is 0.255. The van der Waals surface area contributed by atoms with Crippen LogP contribution in [-0.2, 0) is 4.74 Å². The third-order valence-electron chi connectivity index (χ3n) is 2.51. The lowest BCUT2D eigenvalue weighted by molar-refractivity contribution is 0.0643. The highest BCUT2D eigenvalue weighted by Gasteiger charge is 2.39. The Labute approximate surface area is 79.1 Å². The molecule has 1 fully saturated rings. The molecule has 1 unspecified atom stereocenters. The molecule has 1 saturated carbocycles. The van der Waals surface area contributed by atoms with Gasteiger partial charge >= 0.3 is 0 Å². The molecule has 1 N–H and O–H groups in total. The second-order valence-electron chi connectivity index (χ2n) is 3.57. The maximum atomic E-state index is 8.18. The maximum Gasteiger partial charge on any atom is 0.0855 e. The van der Waals surface area contributed by atoms with Crippen LogP contribution in [0.4, 0.5) is 0 Å². The van der Waals surface area contributed by atoms with Gasteiger partial charge in [-0.25, -0.2) is 0 Å². The molecular weight excluding hydrogens is 166 g/mol. The van der Waals surface area contributed by atoms with Gasteiger partial charge in [0.05, 0.1) is 18.9 Å². The topological polar surface area (TPSA) is 41.8 Å². The van der Waals surface area contributed by atoms with Crippen LogP contribution >= 0.6 is 0 Å². The predicted octanol–water partition coefficient (Wildman–Crippen LogP) is 2.06. The molecule has 3 atom stereocenters. The van der Waals surface area contributed by atoms with Gasteiger partial charge in [-0.1, -0.05) is 18.2 Å². The van der Waals surface area contributed by atoms with E-state index < -0.39 is 0 Å². The first-order valence-electron chi connectivity index (χ1n) is 4.68. The number of nitrogens with zero attached hydrogens (tertiary/aromatic N) is 1. The van der Waals surface area contributed by atoms with Crippen LogP contribution in [0, 0.1) is 11.8 Å². The monoisotopic (exact) mass is 183 g/mol. The summed E-state index contributed by atoms with van der Waals surface area (Å²) in [5.41, 5.74) is 0. The molecule has 0 amide bonds. The first-order chi connectivity index (χ1) is 6.29. The second-order valence-corrected chi connectivity index (χ2v) is 3.57. The minimum Gasteiger partial charge on any atom is -0.411 e. The van der Waals surface area contributed by atoms with Crippen LogP contribution in [0.15, 0.2) is 17.8 Å². The molecule has 0 aliphatic heterocycles. The van der Waals surface area contributed by atoms with Gasteiger partial charge in [0.2, 0.25) is 0 Å². The van der Waals surface area contributed by atoms with Crippen molar-refractivity contribution in [2.75, 3.05) is 6.61 Å². The third-order valence-corrected chi connectivity index (χ3v) is 2.51. The molecule has 13 heavy (non-hydrogen) atoms. The zero-order valence-corrected chi connectivity index (χ0v) is 8.02. The maximum absolute atomic E-state index is 8.18. The van der Waals surface area contributed by atoms with Crippen LogP contribution in [0.2, 0.25) is 0 Å². The fourth-order valence-corrected chi connectivity index (χ4v) is 1.60. The van der Waals surface area contributed by atoms with Gasteiger partial charge in [-0.2, -0.15) is 0 Å². The van der Waals surface area contributed by atoms with Gasteiger partial charge in [0.15, 0.2) is 0 Å². The number of hydrogen-bond acceptors (Lipinski definition) is 3. The molecular formula is C10H17NO2. The summed E-state index contributed by atoms with van der Waals surface area (Å²) in [6.45, 7) is 6.31. The van der Waals surface area contributed by atoms with Gasteiger partial charge in [0, 0.05) is 0 Å². The van der Waals surface area contributed by atoms with Gasteiger partial charge in [-0.3, -0.25) is 0 Å². The van der Waals surface area contributed by atoms with Crippen molar-refractivity contribution >= 4 is 6.21 Å². The van der Waals surface area contributed by atoms with Crippen molar-refractivity contribution in [3.8, 4) is 0 Å². The van der Waals surface area contributed by atoms with E-state index in [2.05, 4.69) is 18.7 Å². The lowest BCUT2D eigenvalue weighted by Gasteiger charge is -2.14. The SMILES string of the molecule is C=CCC(OCC=NO)[C@@H]1C[C@H]1C. The average molecular weight is 183 g/mol. The Morgan fingerprint density at radius 2 is 2.46 bits per heavy atom. The summed E-state index contributed by atoms with van der Waals surface area (Å²) < 4.78 is 5.54. The van der Waals surface area contributed by atoms with E-state index in [1.54, 1.807) is 0 Å². The first kappa shape index (κ1) is 10.3. The molecule has 0 aromatic heterocycles. The quantitative estimate of drug-likeness (QED) is 0.296. The first-order valence-corrected chi connectivity index (χ1v) is 4.68. The van der Waals surface area contributed by atoms with Gasteiger partial charge in [0.1, 0.15) is 0 Å². The van der Waals surface area contributed by atoms with E-state index in [1.807, 2.05) is 6.08 Å². The smallest absolute Gasteiger partial charge is 0.0855 e. The van der Waals surface area contributed by atoms with E-state index in [1.165, 1.54) is 12.6 Å².